The molecule has 0 saturated heterocycles. The van der Waals surface area contributed by atoms with Gasteiger partial charge in [-0.1, -0.05) is 13.3 Å². The number of rotatable bonds is 4. The first-order valence-corrected chi connectivity index (χ1v) is 6.05. The van der Waals surface area contributed by atoms with Crippen molar-refractivity contribution in [3.8, 4) is 0 Å². The molecule has 0 aliphatic heterocycles. The zero-order chi connectivity index (χ0) is 10.8. The maximum Gasteiger partial charge on any atom is 0.225 e. The second kappa shape index (κ2) is 4.35. The van der Waals surface area contributed by atoms with E-state index in [-0.39, 0.29) is 0 Å². The standard InChI is InChI=1S/C10H15BrN4/c1-2-3-6-4-7(6)13-10-14-8(11)5-9(12)15-10/h5-7H,2-4H2,1H3,(H3,12,13,14,15). The second-order valence-corrected chi connectivity index (χ2v) is 4.79. The van der Waals surface area contributed by atoms with Crippen molar-refractivity contribution in [1.82, 2.24) is 9.97 Å². The lowest BCUT2D eigenvalue weighted by molar-refractivity contribution is 0.691. The normalized spacial score (nSPS) is 23.9. The molecule has 1 aliphatic rings. The molecule has 1 heterocycles. The molecule has 5 heteroatoms. The summed E-state index contributed by atoms with van der Waals surface area (Å²) in [6, 6.07) is 2.24. The predicted octanol–water partition coefficient (Wildman–Crippen LogP) is 2.42. The Hall–Kier alpha value is -0.840. The maximum atomic E-state index is 5.63. The number of hydrogen-bond donors (Lipinski definition) is 2. The van der Waals surface area contributed by atoms with Gasteiger partial charge in [-0.05, 0) is 34.7 Å². The summed E-state index contributed by atoms with van der Waals surface area (Å²) < 4.78 is 0.727. The van der Waals surface area contributed by atoms with Gasteiger partial charge in [0, 0.05) is 12.1 Å². The van der Waals surface area contributed by atoms with E-state index in [1.807, 2.05) is 0 Å². The Kier molecular flexibility index (Phi) is 3.09. The van der Waals surface area contributed by atoms with Gasteiger partial charge in [-0.15, -0.1) is 0 Å². The monoisotopic (exact) mass is 270 g/mol. The molecule has 0 aromatic carbocycles. The zero-order valence-corrected chi connectivity index (χ0v) is 10.3. The molecule has 0 radical (unpaired) electrons. The minimum Gasteiger partial charge on any atom is -0.383 e. The van der Waals surface area contributed by atoms with E-state index in [0.717, 1.165) is 10.5 Å². The number of nitrogens with one attached hydrogen (secondary N) is 1. The van der Waals surface area contributed by atoms with Crippen LogP contribution >= 0.6 is 15.9 Å². The summed E-state index contributed by atoms with van der Waals surface area (Å²) in [6.45, 7) is 2.21. The molecule has 82 valence electrons. The first kappa shape index (κ1) is 10.7. The molecule has 1 aromatic rings. The van der Waals surface area contributed by atoms with Crippen molar-refractivity contribution in [3.05, 3.63) is 10.7 Å². The second-order valence-electron chi connectivity index (χ2n) is 3.97. The van der Waals surface area contributed by atoms with E-state index in [1.54, 1.807) is 6.07 Å². The Labute approximate surface area is 97.8 Å². The molecule has 2 atom stereocenters. The van der Waals surface area contributed by atoms with Gasteiger partial charge in [0.05, 0.1) is 0 Å². The van der Waals surface area contributed by atoms with E-state index < -0.39 is 0 Å². The van der Waals surface area contributed by atoms with E-state index in [2.05, 4.69) is 38.1 Å². The number of hydrogen-bond acceptors (Lipinski definition) is 4. The lowest BCUT2D eigenvalue weighted by Crippen LogP contribution is -2.09. The number of nitrogens with zero attached hydrogens (tertiary/aromatic N) is 2. The van der Waals surface area contributed by atoms with Gasteiger partial charge < -0.3 is 11.1 Å². The van der Waals surface area contributed by atoms with Crippen molar-refractivity contribution in [2.45, 2.75) is 32.2 Å². The van der Waals surface area contributed by atoms with Crippen molar-refractivity contribution in [1.29, 1.82) is 0 Å². The van der Waals surface area contributed by atoms with Crippen LogP contribution in [0.5, 0.6) is 0 Å². The van der Waals surface area contributed by atoms with E-state index in [1.165, 1.54) is 19.3 Å². The molecule has 15 heavy (non-hydrogen) atoms. The highest BCUT2D eigenvalue weighted by molar-refractivity contribution is 9.10. The fraction of sp³-hybridized carbons (Fsp3) is 0.600. The number of nitrogen functional groups attached to an aromatic ring is 1. The number of halogens is 1. The van der Waals surface area contributed by atoms with Crippen LogP contribution in [-0.2, 0) is 0 Å². The zero-order valence-electron chi connectivity index (χ0n) is 8.70. The molecular formula is C10H15BrN4. The van der Waals surface area contributed by atoms with Crippen LogP contribution in [0.1, 0.15) is 26.2 Å². The van der Waals surface area contributed by atoms with E-state index in [9.17, 15) is 0 Å². The highest BCUT2D eigenvalue weighted by atomic mass is 79.9. The summed E-state index contributed by atoms with van der Waals surface area (Å²) in [4.78, 5) is 8.36. The molecule has 0 amide bonds. The average Bonchev–Trinajstić information content (AvgIpc) is 2.82. The molecule has 1 aliphatic carbocycles. The van der Waals surface area contributed by atoms with Crippen molar-refractivity contribution in [3.63, 3.8) is 0 Å². The van der Waals surface area contributed by atoms with E-state index in [4.69, 9.17) is 5.73 Å². The SMILES string of the molecule is CCCC1CC1Nc1nc(N)cc(Br)n1. The summed E-state index contributed by atoms with van der Waals surface area (Å²) in [7, 11) is 0. The molecule has 4 nitrogen and oxygen atoms in total. The Morgan fingerprint density at radius 2 is 2.40 bits per heavy atom. The third kappa shape index (κ3) is 2.81. The van der Waals surface area contributed by atoms with Gasteiger partial charge in [0.2, 0.25) is 5.95 Å². The highest BCUT2D eigenvalue weighted by Crippen LogP contribution is 2.36. The smallest absolute Gasteiger partial charge is 0.225 e. The van der Waals surface area contributed by atoms with Crippen LogP contribution in [-0.4, -0.2) is 16.0 Å². The number of nitrogens with two attached hydrogens (primary N) is 1. The molecule has 2 unspecified atom stereocenters. The quantitative estimate of drug-likeness (QED) is 0.825. The van der Waals surface area contributed by atoms with Crippen LogP contribution in [0.3, 0.4) is 0 Å². The van der Waals surface area contributed by atoms with E-state index in [0.29, 0.717) is 17.8 Å². The third-order valence-electron chi connectivity index (χ3n) is 2.61. The van der Waals surface area contributed by atoms with Crippen molar-refractivity contribution >= 4 is 27.7 Å². The Bertz CT molecular complexity index is 335. The first-order valence-electron chi connectivity index (χ1n) is 5.25. The summed E-state index contributed by atoms with van der Waals surface area (Å²) >= 11 is 3.30. The Morgan fingerprint density at radius 3 is 3.07 bits per heavy atom. The van der Waals surface area contributed by atoms with Gasteiger partial charge in [0.15, 0.2) is 0 Å². The molecule has 1 saturated carbocycles. The van der Waals surface area contributed by atoms with Crippen molar-refractivity contribution in [2.75, 3.05) is 11.1 Å². The average molecular weight is 271 g/mol. The van der Waals surface area contributed by atoms with Gasteiger partial charge in [0.25, 0.3) is 0 Å². The summed E-state index contributed by atoms with van der Waals surface area (Å²) in [5.74, 6) is 1.91. The van der Waals surface area contributed by atoms with Gasteiger partial charge in [-0.3, -0.25) is 0 Å². The molecule has 2 rings (SSSR count). The lowest BCUT2D eigenvalue weighted by atomic mass is 10.2. The van der Waals surface area contributed by atoms with Gasteiger partial charge in [-0.25, -0.2) is 4.98 Å². The van der Waals surface area contributed by atoms with Gasteiger partial charge >= 0.3 is 0 Å². The minimum atomic E-state index is 0.493. The van der Waals surface area contributed by atoms with Crippen LogP contribution < -0.4 is 11.1 Å². The minimum absolute atomic E-state index is 0.493. The largest absolute Gasteiger partial charge is 0.383 e. The maximum absolute atomic E-state index is 5.63. The third-order valence-corrected chi connectivity index (χ3v) is 3.02. The number of aromatic nitrogens is 2. The first-order chi connectivity index (χ1) is 7.19. The predicted molar refractivity (Wildman–Crippen MR) is 64.6 cm³/mol. The lowest BCUT2D eigenvalue weighted by Gasteiger charge is -2.04. The summed E-state index contributed by atoms with van der Waals surface area (Å²) in [6.07, 6.45) is 3.75. The molecule has 1 aromatic heterocycles. The fourth-order valence-corrected chi connectivity index (χ4v) is 2.18. The molecule has 1 fully saturated rings. The number of anilines is 2. The summed E-state index contributed by atoms with van der Waals surface area (Å²) in [5.41, 5.74) is 5.63. The Morgan fingerprint density at radius 1 is 1.60 bits per heavy atom. The summed E-state index contributed by atoms with van der Waals surface area (Å²) in [5, 5.41) is 3.30. The fourth-order valence-electron chi connectivity index (χ4n) is 1.78. The molecular weight excluding hydrogens is 256 g/mol. The van der Waals surface area contributed by atoms with Crippen molar-refractivity contribution in [2.24, 2.45) is 5.92 Å². The molecule has 0 spiro atoms. The van der Waals surface area contributed by atoms with Gasteiger partial charge in [-0.2, -0.15) is 4.98 Å². The van der Waals surface area contributed by atoms with E-state index >= 15 is 0 Å². The highest BCUT2D eigenvalue weighted by Gasteiger charge is 2.36. The van der Waals surface area contributed by atoms with Gasteiger partial charge in [0.1, 0.15) is 10.4 Å². The molecule has 3 N–H and O–H groups in total. The van der Waals surface area contributed by atoms with Crippen LogP contribution in [0.4, 0.5) is 11.8 Å². The molecule has 0 bridgehead atoms. The van der Waals surface area contributed by atoms with Crippen LogP contribution in [0.15, 0.2) is 10.7 Å². The van der Waals surface area contributed by atoms with Crippen molar-refractivity contribution < 1.29 is 0 Å². The van der Waals surface area contributed by atoms with Crippen LogP contribution in [0.25, 0.3) is 0 Å². The Balaban J connectivity index is 1.94. The van der Waals surface area contributed by atoms with Crippen LogP contribution in [0.2, 0.25) is 0 Å². The topological polar surface area (TPSA) is 63.8 Å². The van der Waals surface area contributed by atoms with Crippen LogP contribution in [0, 0.1) is 5.92 Å².